The highest BCUT2D eigenvalue weighted by Crippen LogP contribution is 2.41. The Morgan fingerprint density at radius 1 is 1.27 bits per heavy atom. The van der Waals surface area contributed by atoms with E-state index in [2.05, 4.69) is 45.8 Å². The van der Waals surface area contributed by atoms with Gasteiger partial charge in [0.1, 0.15) is 16.2 Å². The van der Waals surface area contributed by atoms with Crippen molar-refractivity contribution >= 4 is 59.5 Å². The van der Waals surface area contributed by atoms with E-state index in [9.17, 15) is 0 Å². The van der Waals surface area contributed by atoms with E-state index in [-0.39, 0.29) is 0 Å². The number of pyridine rings is 1. The van der Waals surface area contributed by atoms with Crippen LogP contribution in [0.3, 0.4) is 0 Å². The summed E-state index contributed by atoms with van der Waals surface area (Å²) in [5, 5.41) is 2.38. The van der Waals surface area contributed by atoms with Crippen LogP contribution in [0.15, 0.2) is 21.9 Å². The third-order valence-electron chi connectivity index (χ3n) is 4.85. The minimum Gasteiger partial charge on any atom is -0.242 e. The molecule has 0 unspecified atom stereocenters. The van der Waals surface area contributed by atoms with Crippen LogP contribution in [0.1, 0.15) is 49.9 Å². The van der Waals surface area contributed by atoms with E-state index >= 15 is 0 Å². The van der Waals surface area contributed by atoms with Crippen molar-refractivity contribution in [2.24, 2.45) is 0 Å². The number of aryl methyl sites for hydroxylation is 2. The van der Waals surface area contributed by atoms with Crippen molar-refractivity contribution < 1.29 is 0 Å². The molecule has 0 atom stereocenters. The first-order valence-electron chi connectivity index (χ1n) is 9.22. The monoisotopic (exact) mass is 447 g/mol. The number of fused-ring (bicyclic) bond motifs is 5. The van der Waals surface area contributed by atoms with Crippen LogP contribution in [0.4, 0.5) is 0 Å². The predicted octanol–water partition coefficient (Wildman–Crippen LogP) is 6.46. The molecule has 26 heavy (non-hydrogen) atoms. The maximum atomic E-state index is 5.09. The van der Waals surface area contributed by atoms with E-state index in [1.165, 1.54) is 46.2 Å². The fraction of sp³-hybridized carbons (Fsp3) is 0.450. The van der Waals surface area contributed by atoms with Crippen LogP contribution >= 0.6 is 39.0 Å². The van der Waals surface area contributed by atoms with Gasteiger partial charge in [0.25, 0.3) is 0 Å². The van der Waals surface area contributed by atoms with Crippen LogP contribution in [0.25, 0.3) is 20.4 Å². The van der Waals surface area contributed by atoms with Crippen molar-refractivity contribution in [3.63, 3.8) is 0 Å². The van der Waals surface area contributed by atoms with Crippen LogP contribution in [-0.4, -0.2) is 20.7 Å². The molecule has 3 aromatic rings. The molecule has 1 aliphatic carbocycles. The van der Waals surface area contributed by atoms with Gasteiger partial charge < -0.3 is 0 Å². The predicted molar refractivity (Wildman–Crippen MR) is 117 cm³/mol. The Balaban J connectivity index is 1.89. The second-order valence-electron chi connectivity index (χ2n) is 6.71. The topological polar surface area (TPSA) is 38.7 Å². The SMILES string of the molecule is CCCc1nc2sc3c(SC/C=C(/C)Br)ncnc3c2c2c1CCCC2. The van der Waals surface area contributed by atoms with Gasteiger partial charge in [-0.05, 0) is 54.6 Å². The molecule has 0 aromatic carbocycles. The lowest BCUT2D eigenvalue weighted by molar-refractivity contribution is 0.675. The summed E-state index contributed by atoms with van der Waals surface area (Å²) < 4.78 is 2.36. The van der Waals surface area contributed by atoms with Crippen LogP contribution in [0.5, 0.6) is 0 Å². The van der Waals surface area contributed by atoms with Crippen LogP contribution in [0, 0.1) is 0 Å². The lowest BCUT2D eigenvalue weighted by Crippen LogP contribution is -2.09. The van der Waals surface area contributed by atoms with Crippen molar-refractivity contribution in [1.29, 1.82) is 0 Å². The maximum absolute atomic E-state index is 5.09. The summed E-state index contributed by atoms with van der Waals surface area (Å²) in [6.45, 7) is 4.30. The molecule has 0 aliphatic heterocycles. The van der Waals surface area contributed by atoms with E-state index < -0.39 is 0 Å². The molecule has 0 N–H and O–H groups in total. The van der Waals surface area contributed by atoms with Crippen LogP contribution < -0.4 is 0 Å². The molecule has 3 heterocycles. The first kappa shape index (κ1) is 18.4. The van der Waals surface area contributed by atoms with Crippen molar-refractivity contribution in [1.82, 2.24) is 15.0 Å². The molecule has 4 rings (SSSR count). The Morgan fingerprint density at radius 2 is 2.08 bits per heavy atom. The Labute approximate surface area is 170 Å². The van der Waals surface area contributed by atoms with Gasteiger partial charge in [0.15, 0.2) is 0 Å². The zero-order valence-corrected chi connectivity index (χ0v) is 18.4. The molecule has 0 spiro atoms. The molecule has 136 valence electrons. The van der Waals surface area contributed by atoms with Gasteiger partial charge in [0.2, 0.25) is 0 Å². The van der Waals surface area contributed by atoms with Crippen molar-refractivity contribution in [3.8, 4) is 0 Å². The number of thioether (sulfide) groups is 1. The number of allylic oxidation sites excluding steroid dienone is 1. The molecule has 3 nitrogen and oxygen atoms in total. The van der Waals surface area contributed by atoms with E-state index in [0.717, 1.165) is 44.9 Å². The van der Waals surface area contributed by atoms with Crippen molar-refractivity contribution in [2.75, 3.05) is 5.75 Å². The lowest BCUT2D eigenvalue weighted by Gasteiger charge is -2.19. The third kappa shape index (κ3) is 3.43. The molecule has 1 aliphatic rings. The molecule has 0 amide bonds. The molecular weight excluding hydrogens is 426 g/mol. The van der Waals surface area contributed by atoms with Crippen LogP contribution in [-0.2, 0) is 19.3 Å². The van der Waals surface area contributed by atoms with Gasteiger partial charge in [-0.25, -0.2) is 15.0 Å². The Bertz CT molecular complexity index is 990. The summed E-state index contributed by atoms with van der Waals surface area (Å²) >= 11 is 7.04. The number of hydrogen-bond acceptors (Lipinski definition) is 5. The third-order valence-corrected chi connectivity index (χ3v) is 7.30. The van der Waals surface area contributed by atoms with E-state index in [0.29, 0.717) is 0 Å². The Hall–Kier alpha value is -0.980. The average Bonchev–Trinajstić information content (AvgIpc) is 3.01. The van der Waals surface area contributed by atoms with Crippen molar-refractivity contribution in [2.45, 2.75) is 57.4 Å². The highest BCUT2D eigenvalue weighted by atomic mass is 79.9. The number of thiophene rings is 1. The van der Waals surface area contributed by atoms with E-state index in [4.69, 9.17) is 4.98 Å². The minimum atomic E-state index is 0.907. The first-order valence-corrected chi connectivity index (χ1v) is 11.8. The van der Waals surface area contributed by atoms with E-state index in [1.54, 1.807) is 29.4 Å². The largest absolute Gasteiger partial charge is 0.242 e. The summed E-state index contributed by atoms with van der Waals surface area (Å²) in [4.78, 5) is 15.5. The summed E-state index contributed by atoms with van der Waals surface area (Å²) in [5.74, 6) is 0.907. The fourth-order valence-corrected chi connectivity index (χ4v) is 6.28. The Kier molecular flexibility index (Phi) is 5.62. The van der Waals surface area contributed by atoms with E-state index in [1.807, 2.05) is 0 Å². The summed E-state index contributed by atoms with van der Waals surface area (Å²) in [6.07, 6.45) is 11.0. The first-order chi connectivity index (χ1) is 12.7. The highest BCUT2D eigenvalue weighted by Gasteiger charge is 2.22. The lowest BCUT2D eigenvalue weighted by atomic mass is 9.88. The second-order valence-corrected chi connectivity index (χ2v) is 9.97. The molecule has 6 heteroatoms. The zero-order valence-electron chi connectivity index (χ0n) is 15.1. The standard InChI is InChI=1S/C20H22BrN3S2/c1-3-6-15-13-7-4-5-8-14(13)16-17-18(26-19(16)24-15)20(23-11-22-17)25-10-9-12(2)21/h9,11H,3-8,10H2,1-2H3/b12-9-. The Morgan fingerprint density at radius 3 is 2.85 bits per heavy atom. The molecule has 0 saturated heterocycles. The molecule has 3 aromatic heterocycles. The van der Waals surface area contributed by atoms with Gasteiger partial charge in [-0.3, -0.25) is 0 Å². The van der Waals surface area contributed by atoms with Gasteiger partial charge in [-0.1, -0.05) is 35.4 Å². The molecular formula is C20H22BrN3S2. The van der Waals surface area contributed by atoms with Gasteiger partial charge in [0.05, 0.1) is 10.2 Å². The second kappa shape index (κ2) is 7.95. The number of nitrogens with zero attached hydrogens (tertiary/aromatic N) is 3. The van der Waals surface area contributed by atoms with Gasteiger partial charge >= 0.3 is 0 Å². The maximum Gasteiger partial charge on any atom is 0.126 e. The van der Waals surface area contributed by atoms with Gasteiger partial charge in [0, 0.05) is 16.8 Å². The smallest absolute Gasteiger partial charge is 0.126 e. The molecule has 0 radical (unpaired) electrons. The fourth-order valence-electron chi connectivity index (χ4n) is 3.70. The summed E-state index contributed by atoms with van der Waals surface area (Å²) in [5.41, 5.74) is 5.45. The van der Waals surface area contributed by atoms with Crippen LogP contribution in [0.2, 0.25) is 0 Å². The summed E-state index contributed by atoms with van der Waals surface area (Å²) in [6, 6.07) is 0. The zero-order chi connectivity index (χ0) is 18.1. The molecule has 0 fully saturated rings. The summed E-state index contributed by atoms with van der Waals surface area (Å²) in [7, 11) is 0. The number of rotatable bonds is 5. The number of hydrogen-bond donors (Lipinski definition) is 0. The minimum absolute atomic E-state index is 0.907. The normalized spacial score (nSPS) is 15.0. The highest BCUT2D eigenvalue weighted by molar-refractivity contribution is 9.11. The van der Waals surface area contributed by atoms with Crippen molar-refractivity contribution in [3.05, 3.63) is 33.7 Å². The number of halogens is 1. The van der Waals surface area contributed by atoms with Gasteiger partial charge in [-0.2, -0.15) is 0 Å². The quantitative estimate of drug-likeness (QED) is 0.332. The average molecular weight is 448 g/mol. The number of aromatic nitrogens is 3. The molecule has 0 saturated carbocycles. The molecule has 0 bridgehead atoms. The van der Waals surface area contributed by atoms with Gasteiger partial charge in [-0.15, -0.1) is 23.1 Å².